The molecule has 3 rings (SSSR count). The highest BCUT2D eigenvalue weighted by Crippen LogP contribution is 2.22. The third-order valence-corrected chi connectivity index (χ3v) is 3.61. The summed E-state index contributed by atoms with van der Waals surface area (Å²) in [4.78, 5) is 14.4. The van der Waals surface area contributed by atoms with Crippen LogP contribution in [0.25, 0.3) is 0 Å². The van der Waals surface area contributed by atoms with Crippen molar-refractivity contribution in [1.82, 2.24) is 4.98 Å². The van der Waals surface area contributed by atoms with Gasteiger partial charge in [-0.3, -0.25) is 9.98 Å². The van der Waals surface area contributed by atoms with E-state index in [-0.39, 0.29) is 0 Å². The van der Waals surface area contributed by atoms with E-state index >= 15 is 0 Å². The average Bonchev–Trinajstić information content (AvgIpc) is 2.86. The minimum absolute atomic E-state index is 0.556. The summed E-state index contributed by atoms with van der Waals surface area (Å²) in [6.07, 6.45) is 1.77. The molecule has 0 bridgehead atoms. The van der Waals surface area contributed by atoms with Crippen LogP contribution in [0.5, 0.6) is 0 Å². The first kappa shape index (κ1) is 11.1. The van der Waals surface area contributed by atoms with E-state index in [2.05, 4.69) is 31.7 Å². The molecule has 0 saturated carbocycles. The van der Waals surface area contributed by atoms with Crippen LogP contribution in [0.3, 0.4) is 0 Å². The zero-order chi connectivity index (χ0) is 12.4. The summed E-state index contributed by atoms with van der Waals surface area (Å²) in [5, 5.41) is 5.29. The Morgan fingerprint density at radius 3 is 3.06 bits per heavy atom. The molecule has 1 aliphatic rings. The van der Waals surface area contributed by atoms with Crippen molar-refractivity contribution in [2.45, 2.75) is 0 Å². The lowest BCUT2D eigenvalue weighted by Crippen LogP contribution is -2.15. The van der Waals surface area contributed by atoms with E-state index in [0.717, 1.165) is 27.8 Å². The van der Waals surface area contributed by atoms with Gasteiger partial charge in [0, 0.05) is 18.8 Å². The number of fused-ring (bicyclic) bond motifs is 1. The number of hydrogen-bond acceptors (Lipinski definition) is 4. The Balaban J connectivity index is 2.16. The molecule has 0 radical (unpaired) electrons. The van der Waals surface area contributed by atoms with Crippen molar-refractivity contribution in [1.29, 1.82) is 0 Å². The van der Waals surface area contributed by atoms with Crippen molar-refractivity contribution in [3.63, 3.8) is 0 Å². The SMILES string of the molecule is CN=C1CN=C(c2cccs2)c2cccnc2N1. The Morgan fingerprint density at radius 2 is 2.28 bits per heavy atom. The lowest BCUT2D eigenvalue weighted by Gasteiger charge is -2.07. The van der Waals surface area contributed by atoms with Crippen LogP contribution < -0.4 is 5.32 Å². The highest BCUT2D eigenvalue weighted by atomic mass is 32.1. The van der Waals surface area contributed by atoms with Gasteiger partial charge in [0.05, 0.1) is 17.1 Å². The van der Waals surface area contributed by atoms with Gasteiger partial charge in [0.15, 0.2) is 0 Å². The Kier molecular flexibility index (Phi) is 2.90. The first-order valence-electron chi connectivity index (χ1n) is 5.65. The van der Waals surface area contributed by atoms with E-state index in [1.165, 1.54) is 0 Å². The fourth-order valence-corrected chi connectivity index (χ4v) is 2.61. The number of thiophene rings is 1. The van der Waals surface area contributed by atoms with Gasteiger partial charge in [0.25, 0.3) is 0 Å². The van der Waals surface area contributed by atoms with Gasteiger partial charge in [0.2, 0.25) is 0 Å². The Hall–Kier alpha value is -2.01. The topological polar surface area (TPSA) is 49.6 Å². The molecule has 18 heavy (non-hydrogen) atoms. The van der Waals surface area contributed by atoms with Gasteiger partial charge in [0.1, 0.15) is 11.7 Å². The van der Waals surface area contributed by atoms with Crippen molar-refractivity contribution in [3.8, 4) is 0 Å². The van der Waals surface area contributed by atoms with Gasteiger partial charge in [-0.2, -0.15) is 0 Å². The minimum Gasteiger partial charge on any atom is -0.327 e. The number of nitrogens with zero attached hydrogens (tertiary/aromatic N) is 3. The predicted molar refractivity (Wildman–Crippen MR) is 76.0 cm³/mol. The van der Waals surface area contributed by atoms with Gasteiger partial charge in [-0.05, 0) is 23.6 Å². The van der Waals surface area contributed by atoms with Crippen LogP contribution in [0.15, 0.2) is 45.8 Å². The monoisotopic (exact) mass is 256 g/mol. The Morgan fingerprint density at radius 1 is 1.33 bits per heavy atom. The molecule has 1 N–H and O–H groups in total. The molecule has 2 aromatic rings. The molecule has 0 atom stereocenters. The summed E-state index contributed by atoms with van der Waals surface area (Å²) < 4.78 is 0. The van der Waals surface area contributed by atoms with Crippen LogP contribution >= 0.6 is 11.3 Å². The summed E-state index contributed by atoms with van der Waals surface area (Å²) in [6, 6.07) is 8.07. The van der Waals surface area contributed by atoms with Crippen molar-refractivity contribution in [2.24, 2.45) is 9.98 Å². The highest BCUT2D eigenvalue weighted by molar-refractivity contribution is 7.12. The summed E-state index contributed by atoms with van der Waals surface area (Å²) in [5.74, 6) is 1.66. The second-order valence-corrected chi connectivity index (χ2v) is 4.78. The number of aliphatic imine (C=N–C) groups is 2. The number of pyridine rings is 1. The van der Waals surface area contributed by atoms with Crippen LogP contribution in [0.2, 0.25) is 0 Å². The van der Waals surface area contributed by atoms with Gasteiger partial charge < -0.3 is 5.32 Å². The number of anilines is 1. The van der Waals surface area contributed by atoms with Gasteiger partial charge in [-0.15, -0.1) is 11.3 Å². The summed E-state index contributed by atoms with van der Waals surface area (Å²) in [7, 11) is 1.76. The Bertz CT molecular complexity index is 614. The Labute approximate surface area is 109 Å². The number of aromatic nitrogens is 1. The smallest absolute Gasteiger partial charge is 0.140 e. The maximum Gasteiger partial charge on any atom is 0.140 e. The molecule has 0 spiro atoms. The lowest BCUT2D eigenvalue weighted by molar-refractivity contribution is 1.25. The van der Waals surface area contributed by atoms with Crippen LogP contribution in [0.1, 0.15) is 10.4 Å². The molecule has 0 fully saturated rings. The second kappa shape index (κ2) is 4.70. The summed E-state index contributed by atoms with van der Waals surface area (Å²) in [6.45, 7) is 0.556. The summed E-state index contributed by atoms with van der Waals surface area (Å²) >= 11 is 1.68. The van der Waals surface area contributed by atoms with Gasteiger partial charge >= 0.3 is 0 Å². The van der Waals surface area contributed by atoms with Gasteiger partial charge in [-0.1, -0.05) is 6.07 Å². The lowest BCUT2D eigenvalue weighted by atomic mass is 10.1. The minimum atomic E-state index is 0.556. The molecule has 2 aromatic heterocycles. The molecule has 0 amide bonds. The van der Waals surface area contributed by atoms with Crippen molar-refractivity contribution >= 4 is 28.7 Å². The van der Waals surface area contributed by atoms with E-state index in [1.54, 1.807) is 24.6 Å². The van der Waals surface area contributed by atoms with E-state index in [9.17, 15) is 0 Å². The van der Waals surface area contributed by atoms with Crippen LogP contribution in [0.4, 0.5) is 5.82 Å². The molecule has 90 valence electrons. The zero-order valence-corrected chi connectivity index (χ0v) is 10.7. The molecule has 1 aliphatic heterocycles. The first-order valence-corrected chi connectivity index (χ1v) is 6.53. The largest absolute Gasteiger partial charge is 0.327 e. The van der Waals surface area contributed by atoms with Crippen LogP contribution in [-0.4, -0.2) is 30.1 Å². The molecule has 5 heteroatoms. The van der Waals surface area contributed by atoms with Crippen LogP contribution in [0, 0.1) is 0 Å². The number of nitrogens with one attached hydrogen (secondary N) is 1. The highest BCUT2D eigenvalue weighted by Gasteiger charge is 2.17. The molecule has 0 aliphatic carbocycles. The standard InChI is InChI=1S/C13H12N4S/c1-14-11-8-16-12(10-5-3-7-18-10)9-4-2-6-15-13(9)17-11/h2-7H,8H2,1H3,(H,14,15,17). The average molecular weight is 256 g/mol. The number of hydrogen-bond donors (Lipinski definition) is 1. The van der Waals surface area contributed by atoms with Crippen molar-refractivity contribution in [2.75, 3.05) is 18.9 Å². The van der Waals surface area contributed by atoms with Crippen LogP contribution in [-0.2, 0) is 0 Å². The fraction of sp³-hybridized carbons (Fsp3) is 0.154. The zero-order valence-electron chi connectivity index (χ0n) is 9.92. The normalized spacial score (nSPS) is 16.7. The molecule has 0 saturated heterocycles. The molecule has 0 aromatic carbocycles. The third-order valence-electron chi connectivity index (χ3n) is 2.74. The molecule has 0 unspecified atom stereocenters. The molecule has 4 nitrogen and oxygen atoms in total. The fourth-order valence-electron chi connectivity index (χ4n) is 1.86. The molecular weight excluding hydrogens is 244 g/mol. The van der Waals surface area contributed by atoms with E-state index < -0.39 is 0 Å². The molecule has 3 heterocycles. The van der Waals surface area contributed by atoms with E-state index in [0.29, 0.717) is 6.54 Å². The number of rotatable bonds is 1. The summed E-state index contributed by atoms with van der Waals surface area (Å²) in [5.41, 5.74) is 2.01. The third kappa shape index (κ3) is 1.93. The van der Waals surface area contributed by atoms with E-state index in [4.69, 9.17) is 0 Å². The van der Waals surface area contributed by atoms with Crippen molar-refractivity contribution < 1.29 is 0 Å². The predicted octanol–water partition coefficient (Wildman–Crippen LogP) is 2.43. The first-order chi connectivity index (χ1) is 8.88. The maximum absolute atomic E-state index is 4.65. The number of amidine groups is 1. The van der Waals surface area contributed by atoms with Gasteiger partial charge in [-0.25, -0.2) is 4.98 Å². The van der Waals surface area contributed by atoms with E-state index in [1.807, 2.05) is 18.2 Å². The molecular formula is C13H12N4S. The maximum atomic E-state index is 4.65. The quantitative estimate of drug-likeness (QED) is 0.852. The second-order valence-electron chi connectivity index (χ2n) is 3.84. The van der Waals surface area contributed by atoms with Crippen molar-refractivity contribution in [3.05, 3.63) is 46.3 Å².